The number of rotatable bonds is 32. The van der Waals surface area contributed by atoms with Crippen molar-refractivity contribution in [3.8, 4) is 0 Å². The second kappa shape index (κ2) is 27.4. The predicted molar refractivity (Wildman–Crippen MR) is 178 cm³/mol. The van der Waals surface area contributed by atoms with Crippen LogP contribution in [-0.4, -0.2) is 50.1 Å². The third kappa shape index (κ3) is 22.9. The van der Waals surface area contributed by atoms with E-state index in [9.17, 15) is 0 Å². The lowest BCUT2D eigenvalue weighted by molar-refractivity contribution is -0.140. The molecule has 1 N–H and O–H groups in total. The minimum Gasteiger partial charge on any atom is -0.353 e. The molecular weight excluding hydrogens is 510 g/mol. The summed E-state index contributed by atoms with van der Waals surface area (Å²) >= 11 is 0. The van der Waals surface area contributed by atoms with Crippen LogP contribution in [0.15, 0.2) is 0 Å². The zero-order valence-corrected chi connectivity index (χ0v) is 29.3. The highest BCUT2D eigenvalue weighted by Crippen LogP contribution is 2.28. The van der Waals surface area contributed by atoms with Crippen molar-refractivity contribution >= 4 is 0 Å². The van der Waals surface area contributed by atoms with Gasteiger partial charge >= 0.3 is 0 Å². The maximum Gasteiger partial charge on any atom is 0.157 e. The van der Waals surface area contributed by atoms with Gasteiger partial charge in [-0.3, -0.25) is 0 Å². The summed E-state index contributed by atoms with van der Waals surface area (Å²) in [5, 5.41) is 4.16. The second-order valence-corrected chi connectivity index (χ2v) is 12.7. The fourth-order valence-corrected chi connectivity index (χ4v) is 5.98. The van der Waals surface area contributed by atoms with Gasteiger partial charge in [0.25, 0.3) is 0 Å². The summed E-state index contributed by atoms with van der Waals surface area (Å²) in [7, 11) is 0. The lowest BCUT2D eigenvalue weighted by Crippen LogP contribution is -2.54. The molecule has 0 amide bonds. The van der Waals surface area contributed by atoms with Gasteiger partial charge in [0.2, 0.25) is 0 Å². The van der Waals surface area contributed by atoms with E-state index in [1.54, 1.807) is 0 Å². The van der Waals surface area contributed by atoms with Crippen molar-refractivity contribution in [1.29, 1.82) is 0 Å². The maximum absolute atomic E-state index is 5.66. The van der Waals surface area contributed by atoms with Crippen molar-refractivity contribution < 1.29 is 18.9 Å². The number of hydrogen-bond acceptors (Lipinski definition) is 5. The van der Waals surface area contributed by atoms with E-state index < -0.39 is 0 Å². The van der Waals surface area contributed by atoms with Gasteiger partial charge < -0.3 is 24.3 Å². The quantitative estimate of drug-likeness (QED) is 0.0628. The molecule has 5 nitrogen and oxygen atoms in total. The van der Waals surface area contributed by atoms with E-state index in [1.807, 2.05) is 27.7 Å². The summed E-state index contributed by atoms with van der Waals surface area (Å²) < 4.78 is 22.6. The minimum atomic E-state index is -0.000828. The van der Waals surface area contributed by atoms with Crippen LogP contribution in [0.5, 0.6) is 0 Å². The summed E-state index contributed by atoms with van der Waals surface area (Å²) in [6.45, 7) is 20.8. The van der Waals surface area contributed by atoms with Crippen molar-refractivity contribution in [2.75, 3.05) is 26.4 Å². The Morgan fingerprint density at radius 3 is 0.951 bits per heavy atom. The molecule has 0 heterocycles. The lowest BCUT2D eigenvalue weighted by atomic mass is 9.83. The van der Waals surface area contributed by atoms with Gasteiger partial charge in [0, 0.05) is 37.5 Å². The van der Waals surface area contributed by atoms with Crippen LogP contribution in [0.25, 0.3) is 0 Å². The van der Waals surface area contributed by atoms with E-state index in [1.165, 1.54) is 116 Å². The third-order valence-corrected chi connectivity index (χ3v) is 8.91. The average molecular weight is 586 g/mol. The Bertz CT molecular complexity index is 490. The Kier molecular flexibility index (Phi) is 27.2. The molecule has 0 spiro atoms. The van der Waals surface area contributed by atoms with Crippen LogP contribution in [0, 0.1) is 0 Å². The minimum absolute atomic E-state index is 0.000828. The molecule has 2 unspecified atom stereocenters. The predicted octanol–water partition coefficient (Wildman–Crippen LogP) is 10.7. The molecule has 0 aliphatic carbocycles. The van der Waals surface area contributed by atoms with Crippen LogP contribution >= 0.6 is 0 Å². The summed E-state index contributed by atoms with van der Waals surface area (Å²) in [6, 6.07) is 0. The van der Waals surface area contributed by atoms with E-state index in [0.29, 0.717) is 0 Å². The first-order chi connectivity index (χ1) is 19.8. The molecule has 0 aromatic rings. The highest BCUT2D eigenvalue weighted by Gasteiger charge is 2.31. The topological polar surface area (TPSA) is 49.0 Å². The standard InChI is InChI=1S/C36H75NO4/c1-9-35(7,31-27-23-19-15-17-21-25-29-33(38-11-3)39-12-4)37-36(8,10-2)32-28-24-20-16-18-22-26-30-34(40-13-5)41-14-6/h33-34,37H,9-32H2,1-8H3. The molecule has 0 aliphatic rings. The monoisotopic (exact) mass is 586 g/mol. The lowest BCUT2D eigenvalue weighted by Gasteiger charge is -2.41. The fourth-order valence-electron chi connectivity index (χ4n) is 5.98. The highest BCUT2D eigenvalue weighted by molar-refractivity contribution is 4.92. The SMILES string of the molecule is CCOC(CCCCCCCCCC(C)(CC)NC(C)(CC)CCCCCCCCCC(OCC)OCC)OCC. The smallest absolute Gasteiger partial charge is 0.157 e. The molecular formula is C36H75NO4. The second-order valence-electron chi connectivity index (χ2n) is 12.7. The van der Waals surface area contributed by atoms with Crippen LogP contribution in [0.4, 0.5) is 0 Å². The number of ether oxygens (including phenoxy) is 4. The Morgan fingerprint density at radius 1 is 0.415 bits per heavy atom. The van der Waals surface area contributed by atoms with Crippen LogP contribution in [-0.2, 0) is 18.9 Å². The Balaban J connectivity index is 4.05. The maximum atomic E-state index is 5.66. The fraction of sp³-hybridized carbons (Fsp3) is 1.00. The molecule has 0 fully saturated rings. The van der Waals surface area contributed by atoms with Crippen molar-refractivity contribution in [2.24, 2.45) is 0 Å². The number of nitrogens with one attached hydrogen (secondary N) is 1. The van der Waals surface area contributed by atoms with Gasteiger partial charge in [-0.05, 0) is 92.9 Å². The summed E-state index contributed by atoms with van der Waals surface area (Å²) in [6.07, 6.45) is 25.6. The Hall–Kier alpha value is -0.200. The number of unbranched alkanes of at least 4 members (excludes halogenated alkanes) is 12. The van der Waals surface area contributed by atoms with Crippen molar-refractivity contribution in [1.82, 2.24) is 5.32 Å². The van der Waals surface area contributed by atoms with Crippen molar-refractivity contribution in [3.05, 3.63) is 0 Å². The normalized spacial score (nSPS) is 15.1. The van der Waals surface area contributed by atoms with Crippen LogP contribution in [0.3, 0.4) is 0 Å². The molecule has 0 aromatic heterocycles. The van der Waals surface area contributed by atoms with Gasteiger partial charge in [0.15, 0.2) is 12.6 Å². The van der Waals surface area contributed by atoms with Crippen molar-refractivity contribution in [3.63, 3.8) is 0 Å². The first-order valence-electron chi connectivity index (χ1n) is 18.1. The van der Waals surface area contributed by atoms with E-state index in [0.717, 1.165) is 39.3 Å². The highest BCUT2D eigenvalue weighted by atomic mass is 16.7. The molecule has 248 valence electrons. The first kappa shape index (κ1) is 40.8. The molecule has 5 heteroatoms. The van der Waals surface area contributed by atoms with Crippen molar-refractivity contribution in [2.45, 2.75) is 207 Å². The van der Waals surface area contributed by atoms with E-state index in [2.05, 4.69) is 33.0 Å². The first-order valence-corrected chi connectivity index (χ1v) is 18.1. The van der Waals surface area contributed by atoms with Gasteiger partial charge in [-0.15, -0.1) is 0 Å². The molecule has 41 heavy (non-hydrogen) atoms. The number of hydrogen-bond donors (Lipinski definition) is 1. The van der Waals surface area contributed by atoms with Gasteiger partial charge in [-0.2, -0.15) is 0 Å². The van der Waals surface area contributed by atoms with Crippen LogP contribution in [0.1, 0.15) is 184 Å². The van der Waals surface area contributed by atoms with Gasteiger partial charge in [0.05, 0.1) is 0 Å². The van der Waals surface area contributed by atoms with Gasteiger partial charge in [0.1, 0.15) is 0 Å². The summed E-state index contributed by atoms with van der Waals surface area (Å²) in [4.78, 5) is 0. The van der Waals surface area contributed by atoms with E-state index in [4.69, 9.17) is 18.9 Å². The Labute approximate surface area is 258 Å². The third-order valence-electron chi connectivity index (χ3n) is 8.91. The molecule has 0 aromatic carbocycles. The van der Waals surface area contributed by atoms with Crippen LogP contribution < -0.4 is 5.32 Å². The Morgan fingerprint density at radius 2 is 0.683 bits per heavy atom. The van der Waals surface area contributed by atoms with Gasteiger partial charge in [-0.25, -0.2) is 0 Å². The molecule has 0 radical (unpaired) electrons. The molecule has 0 bridgehead atoms. The zero-order valence-electron chi connectivity index (χ0n) is 29.3. The molecule has 0 aliphatic heterocycles. The largest absolute Gasteiger partial charge is 0.353 e. The van der Waals surface area contributed by atoms with E-state index in [-0.39, 0.29) is 23.7 Å². The molecule has 0 saturated heterocycles. The van der Waals surface area contributed by atoms with E-state index >= 15 is 0 Å². The molecule has 2 atom stereocenters. The average Bonchev–Trinajstić information content (AvgIpc) is 2.95. The zero-order chi connectivity index (χ0) is 30.7. The molecule has 0 saturated carbocycles. The van der Waals surface area contributed by atoms with Gasteiger partial charge in [-0.1, -0.05) is 90.9 Å². The summed E-state index contributed by atoms with van der Waals surface area (Å²) in [5.74, 6) is 0. The van der Waals surface area contributed by atoms with Crippen LogP contribution in [0.2, 0.25) is 0 Å². The summed E-state index contributed by atoms with van der Waals surface area (Å²) in [5.41, 5.74) is 0.498. The molecule has 0 rings (SSSR count).